The Hall–Kier alpha value is -2.63. The Morgan fingerprint density at radius 3 is 2.95 bits per heavy atom. The van der Waals surface area contributed by atoms with E-state index in [4.69, 9.17) is 4.52 Å². The number of benzene rings is 1. The number of nitrogens with one attached hydrogen (secondary N) is 1. The molecule has 0 unspecified atom stereocenters. The lowest BCUT2D eigenvalue weighted by atomic mass is 10.2. The van der Waals surface area contributed by atoms with Crippen molar-refractivity contribution in [2.45, 2.75) is 12.8 Å². The van der Waals surface area contributed by atoms with E-state index in [0.717, 1.165) is 18.7 Å². The summed E-state index contributed by atoms with van der Waals surface area (Å²) in [4.78, 5) is 25.3. The number of carbonyl (C=O) groups is 2. The highest BCUT2D eigenvalue weighted by atomic mass is 16.5. The number of nitrogens with zero attached hydrogens (tertiary/aromatic N) is 2. The van der Waals surface area contributed by atoms with Gasteiger partial charge < -0.3 is 14.7 Å². The van der Waals surface area contributed by atoms with Crippen molar-refractivity contribution in [3.63, 3.8) is 0 Å². The normalized spacial score (nSPS) is 14.6. The second-order valence-corrected chi connectivity index (χ2v) is 4.53. The first kappa shape index (κ1) is 12.4. The fourth-order valence-electron chi connectivity index (χ4n) is 2.20. The van der Waals surface area contributed by atoms with Crippen LogP contribution in [0.4, 0.5) is 11.4 Å². The lowest BCUT2D eigenvalue weighted by Crippen LogP contribution is -2.23. The highest BCUT2D eigenvalue weighted by molar-refractivity contribution is 6.03. The maximum absolute atomic E-state index is 11.8. The molecule has 1 aliphatic rings. The van der Waals surface area contributed by atoms with Gasteiger partial charge in [0.05, 0.1) is 6.20 Å². The van der Waals surface area contributed by atoms with Crippen molar-refractivity contribution < 1.29 is 14.1 Å². The van der Waals surface area contributed by atoms with Crippen LogP contribution in [0.1, 0.15) is 23.4 Å². The second-order valence-electron chi connectivity index (χ2n) is 4.53. The first-order valence-corrected chi connectivity index (χ1v) is 6.36. The second kappa shape index (κ2) is 5.16. The minimum absolute atomic E-state index is 0.115. The molecule has 1 saturated heterocycles. The van der Waals surface area contributed by atoms with Crippen molar-refractivity contribution in [3.8, 4) is 0 Å². The molecule has 6 nitrogen and oxygen atoms in total. The van der Waals surface area contributed by atoms with Crippen LogP contribution in [0.3, 0.4) is 0 Å². The van der Waals surface area contributed by atoms with Gasteiger partial charge in [-0.1, -0.05) is 11.2 Å². The van der Waals surface area contributed by atoms with Crippen molar-refractivity contribution in [2.75, 3.05) is 16.8 Å². The summed E-state index contributed by atoms with van der Waals surface area (Å²) in [6, 6.07) is 8.68. The van der Waals surface area contributed by atoms with Gasteiger partial charge in [0.2, 0.25) is 11.7 Å². The zero-order valence-electron chi connectivity index (χ0n) is 10.7. The number of aromatic nitrogens is 1. The monoisotopic (exact) mass is 271 g/mol. The lowest BCUT2D eigenvalue weighted by molar-refractivity contribution is -0.117. The number of anilines is 2. The molecule has 1 N–H and O–H groups in total. The quantitative estimate of drug-likeness (QED) is 0.927. The third kappa shape index (κ3) is 2.40. The smallest absolute Gasteiger partial charge is 0.294 e. The Kier molecular flexibility index (Phi) is 3.20. The van der Waals surface area contributed by atoms with Gasteiger partial charge in [-0.05, 0) is 24.6 Å². The summed E-state index contributed by atoms with van der Waals surface area (Å²) in [6.07, 6.45) is 2.86. The molecule has 0 spiro atoms. The van der Waals surface area contributed by atoms with Gasteiger partial charge in [0.25, 0.3) is 5.91 Å². The van der Waals surface area contributed by atoms with Crippen LogP contribution in [0, 0.1) is 0 Å². The molecular weight excluding hydrogens is 258 g/mol. The molecule has 0 radical (unpaired) electrons. The van der Waals surface area contributed by atoms with E-state index >= 15 is 0 Å². The highest BCUT2D eigenvalue weighted by Crippen LogP contribution is 2.24. The van der Waals surface area contributed by atoms with Crippen LogP contribution in [0.5, 0.6) is 0 Å². The maximum atomic E-state index is 11.8. The van der Waals surface area contributed by atoms with E-state index < -0.39 is 0 Å². The Labute approximate surface area is 115 Å². The van der Waals surface area contributed by atoms with Crippen LogP contribution in [-0.2, 0) is 4.79 Å². The third-order valence-electron chi connectivity index (χ3n) is 3.15. The molecule has 1 aliphatic heterocycles. The summed E-state index contributed by atoms with van der Waals surface area (Å²) in [5, 5.41) is 6.20. The van der Waals surface area contributed by atoms with Gasteiger partial charge in [-0.25, -0.2) is 0 Å². The highest BCUT2D eigenvalue weighted by Gasteiger charge is 2.21. The minimum atomic E-state index is -0.368. The summed E-state index contributed by atoms with van der Waals surface area (Å²) < 4.78 is 4.79. The zero-order valence-corrected chi connectivity index (χ0v) is 10.7. The molecular formula is C14H13N3O3. The van der Waals surface area contributed by atoms with Crippen LogP contribution < -0.4 is 10.2 Å². The van der Waals surface area contributed by atoms with Crippen LogP contribution in [0.15, 0.2) is 41.1 Å². The average Bonchev–Trinajstić information content (AvgIpc) is 3.10. The van der Waals surface area contributed by atoms with Gasteiger partial charge >= 0.3 is 0 Å². The van der Waals surface area contributed by atoms with Crippen molar-refractivity contribution >= 4 is 23.2 Å². The Morgan fingerprint density at radius 1 is 1.35 bits per heavy atom. The van der Waals surface area contributed by atoms with E-state index in [9.17, 15) is 9.59 Å². The summed E-state index contributed by atoms with van der Waals surface area (Å²) in [6.45, 7) is 0.721. The number of hydrogen-bond acceptors (Lipinski definition) is 4. The molecule has 20 heavy (non-hydrogen) atoms. The largest absolute Gasteiger partial charge is 0.351 e. The molecule has 1 aromatic heterocycles. The van der Waals surface area contributed by atoms with Crippen molar-refractivity contribution in [1.82, 2.24) is 5.16 Å². The average molecular weight is 271 g/mol. The predicted molar refractivity (Wildman–Crippen MR) is 72.5 cm³/mol. The van der Waals surface area contributed by atoms with Crippen molar-refractivity contribution in [1.29, 1.82) is 0 Å². The Balaban J connectivity index is 1.78. The summed E-state index contributed by atoms with van der Waals surface area (Å²) in [7, 11) is 0. The molecule has 1 aromatic carbocycles. The summed E-state index contributed by atoms with van der Waals surface area (Å²) in [5.41, 5.74) is 1.41. The number of carbonyl (C=O) groups excluding carboxylic acids is 2. The first-order chi connectivity index (χ1) is 9.74. The molecule has 0 atom stereocenters. The number of amides is 2. The van der Waals surface area contributed by atoms with Crippen molar-refractivity contribution in [3.05, 3.63) is 42.3 Å². The fraction of sp³-hybridized carbons (Fsp3) is 0.214. The predicted octanol–water partition coefficient (Wildman–Crippen LogP) is 2.05. The van der Waals surface area contributed by atoms with Gasteiger partial charge in [0.15, 0.2) is 0 Å². The van der Waals surface area contributed by atoms with Gasteiger partial charge in [-0.3, -0.25) is 9.59 Å². The maximum Gasteiger partial charge on any atom is 0.294 e. The topological polar surface area (TPSA) is 75.4 Å². The SMILES string of the molecule is O=C(Nc1cccc(N2CCCC2=O)c1)c1ccno1. The van der Waals surface area contributed by atoms with E-state index in [1.165, 1.54) is 12.3 Å². The van der Waals surface area contributed by atoms with Gasteiger partial charge in [-0.2, -0.15) is 0 Å². The molecule has 2 aromatic rings. The van der Waals surface area contributed by atoms with Gasteiger partial charge in [0.1, 0.15) is 0 Å². The fourth-order valence-corrected chi connectivity index (χ4v) is 2.20. The number of rotatable bonds is 3. The van der Waals surface area contributed by atoms with E-state index in [1.807, 2.05) is 6.07 Å². The molecule has 3 rings (SSSR count). The third-order valence-corrected chi connectivity index (χ3v) is 3.15. The molecule has 1 fully saturated rings. The van der Waals surface area contributed by atoms with E-state index in [2.05, 4.69) is 10.5 Å². The molecule has 6 heteroatoms. The van der Waals surface area contributed by atoms with Gasteiger partial charge in [0, 0.05) is 30.4 Å². The molecule has 0 saturated carbocycles. The van der Waals surface area contributed by atoms with Crippen LogP contribution in [0.25, 0.3) is 0 Å². The van der Waals surface area contributed by atoms with Crippen LogP contribution in [0.2, 0.25) is 0 Å². The van der Waals surface area contributed by atoms with E-state index in [-0.39, 0.29) is 17.6 Å². The van der Waals surface area contributed by atoms with E-state index in [1.54, 1.807) is 23.1 Å². The summed E-state index contributed by atoms with van der Waals surface area (Å²) >= 11 is 0. The Bertz CT molecular complexity index is 637. The van der Waals surface area contributed by atoms with Crippen LogP contribution >= 0.6 is 0 Å². The standard InChI is InChI=1S/C14H13N3O3/c18-13-5-2-8-17(13)11-4-1-3-10(9-11)16-14(19)12-6-7-15-20-12/h1,3-4,6-7,9H,2,5,8H2,(H,16,19). The van der Waals surface area contributed by atoms with E-state index in [0.29, 0.717) is 12.1 Å². The number of hydrogen-bond donors (Lipinski definition) is 1. The van der Waals surface area contributed by atoms with Gasteiger partial charge in [-0.15, -0.1) is 0 Å². The van der Waals surface area contributed by atoms with Crippen LogP contribution in [-0.4, -0.2) is 23.5 Å². The lowest BCUT2D eigenvalue weighted by Gasteiger charge is -2.16. The molecule has 102 valence electrons. The molecule has 2 amide bonds. The molecule has 0 aliphatic carbocycles. The summed E-state index contributed by atoms with van der Waals surface area (Å²) in [5.74, 6) is -0.108. The zero-order chi connectivity index (χ0) is 13.9. The first-order valence-electron chi connectivity index (χ1n) is 6.36. The molecule has 0 bridgehead atoms. The van der Waals surface area contributed by atoms with Crippen molar-refractivity contribution in [2.24, 2.45) is 0 Å². The molecule has 2 heterocycles. The minimum Gasteiger partial charge on any atom is -0.351 e. The Morgan fingerprint density at radius 2 is 2.25 bits per heavy atom.